The Bertz CT molecular complexity index is 1050. The van der Waals surface area contributed by atoms with Crippen LogP contribution < -0.4 is 16.0 Å². The topological polar surface area (TPSA) is 70.2 Å². The second-order valence-corrected chi connectivity index (χ2v) is 7.92. The number of anilines is 2. The summed E-state index contributed by atoms with van der Waals surface area (Å²) >= 11 is 7.41. The van der Waals surface area contributed by atoms with Crippen LogP contribution in [0.5, 0.6) is 0 Å². The van der Waals surface area contributed by atoms with E-state index in [0.29, 0.717) is 22.5 Å². The van der Waals surface area contributed by atoms with Gasteiger partial charge in [-0.2, -0.15) is 0 Å². The Morgan fingerprint density at radius 1 is 0.828 bits per heavy atom. The predicted octanol–water partition coefficient (Wildman–Crippen LogP) is 4.98. The normalized spacial score (nSPS) is 10.1. The molecule has 0 aliphatic rings. The zero-order valence-electron chi connectivity index (χ0n) is 15.5. The molecule has 3 aromatic rings. The van der Waals surface area contributed by atoms with E-state index in [1.807, 2.05) is 43.3 Å². The van der Waals surface area contributed by atoms with E-state index in [1.165, 1.54) is 0 Å². The maximum Gasteiger partial charge on any atom is 0.257 e. The van der Waals surface area contributed by atoms with Crippen LogP contribution in [-0.4, -0.2) is 16.9 Å². The van der Waals surface area contributed by atoms with Gasteiger partial charge in [0.2, 0.25) is 0 Å². The molecule has 3 N–H and O–H groups in total. The van der Waals surface area contributed by atoms with Gasteiger partial charge in [-0.3, -0.25) is 14.9 Å². The van der Waals surface area contributed by atoms with Gasteiger partial charge in [0.1, 0.15) is 0 Å². The first-order chi connectivity index (χ1) is 13.9. The summed E-state index contributed by atoms with van der Waals surface area (Å²) in [6.07, 6.45) is 0. The maximum absolute atomic E-state index is 12.3. The fourth-order valence-corrected chi connectivity index (χ4v) is 3.17. The second-order valence-electron chi connectivity index (χ2n) is 6.26. The van der Waals surface area contributed by atoms with Crippen LogP contribution in [0.25, 0.3) is 0 Å². The molecule has 0 atom stereocenters. The molecule has 0 bridgehead atoms. The van der Waals surface area contributed by atoms with E-state index in [1.54, 1.807) is 36.4 Å². The number of hydrogen-bond acceptors (Lipinski definition) is 3. The Kier molecular flexibility index (Phi) is 6.95. The molecule has 0 radical (unpaired) electrons. The highest BCUT2D eigenvalue weighted by Crippen LogP contribution is 2.20. The highest BCUT2D eigenvalue weighted by Gasteiger charge is 2.10. The molecule has 29 heavy (non-hydrogen) atoms. The van der Waals surface area contributed by atoms with Gasteiger partial charge in [-0.15, -0.1) is 0 Å². The van der Waals surface area contributed by atoms with Gasteiger partial charge in [0.25, 0.3) is 11.8 Å². The minimum Gasteiger partial charge on any atom is -0.332 e. The van der Waals surface area contributed by atoms with Crippen LogP contribution in [0, 0.1) is 10.5 Å². The van der Waals surface area contributed by atoms with Crippen molar-refractivity contribution in [2.45, 2.75) is 6.92 Å². The molecule has 0 saturated carbocycles. The number of carbonyl (C=O) groups excluding carboxylic acids is 2. The predicted molar refractivity (Wildman–Crippen MR) is 128 cm³/mol. The van der Waals surface area contributed by atoms with Crippen LogP contribution in [0.3, 0.4) is 0 Å². The summed E-state index contributed by atoms with van der Waals surface area (Å²) in [4.78, 5) is 24.6. The summed E-state index contributed by atoms with van der Waals surface area (Å²) in [6, 6.07) is 21.7. The van der Waals surface area contributed by atoms with Gasteiger partial charge in [-0.05, 0) is 102 Å². The number of nitrogens with one attached hydrogen (secondary N) is 3. The molecule has 2 amide bonds. The van der Waals surface area contributed by atoms with Gasteiger partial charge >= 0.3 is 0 Å². The lowest BCUT2D eigenvalue weighted by atomic mass is 10.1. The van der Waals surface area contributed by atoms with Crippen LogP contribution in [-0.2, 0) is 0 Å². The Balaban J connectivity index is 1.61. The summed E-state index contributed by atoms with van der Waals surface area (Å²) in [7, 11) is 0. The summed E-state index contributed by atoms with van der Waals surface area (Å²) in [5.41, 5.74) is 3.41. The molecule has 0 aliphatic heterocycles. The largest absolute Gasteiger partial charge is 0.332 e. The number of carbonyl (C=O) groups is 2. The average molecular weight is 515 g/mol. The number of benzene rings is 3. The van der Waals surface area contributed by atoms with E-state index in [4.69, 9.17) is 12.2 Å². The molecular weight excluding hydrogens is 497 g/mol. The zero-order chi connectivity index (χ0) is 20.8. The third-order valence-corrected chi connectivity index (χ3v) is 5.03. The van der Waals surface area contributed by atoms with E-state index < -0.39 is 0 Å². The standard InChI is InChI=1S/C22H18IN3O2S/c1-14-13-18(11-12-19(14)25-20(27)15-5-3-2-4-6-15)24-22(29)26-21(28)16-7-9-17(23)10-8-16/h2-13H,1H3,(H,25,27)(H2,24,26,28,29). The first-order valence-electron chi connectivity index (χ1n) is 8.77. The molecule has 5 nitrogen and oxygen atoms in total. The van der Waals surface area contributed by atoms with Crippen molar-refractivity contribution >= 4 is 63.1 Å². The average Bonchev–Trinajstić information content (AvgIpc) is 2.71. The highest BCUT2D eigenvalue weighted by molar-refractivity contribution is 14.1. The highest BCUT2D eigenvalue weighted by atomic mass is 127. The molecule has 0 fully saturated rings. The van der Waals surface area contributed by atoms with Gasteiger partial charge in [0, 0.05) is 26.1 Å². The Morgan fingerprint density at radius 2 is 1.48 bits per heavy atom. The second kappa shape index (κ2) is 9.62. The lowest BCUT2D eigenvalue weighted by Gasteiger charge is -2.13. The Labute approximate surface area is 188 Å². The van der Waals surface area contributed by atoms with Gasteiger partial charge < -0.3 is 10.6 Å². The minimum atomic E-state index is -0.276. The van der Waals surface area contributed by atoms with Crippen molar-refractivity contribution in [3.8, 4) is 0 Å². The molecule has 146 valence electrons. The molecule has 3 rings (SSSR count). The van der Waals surface area contributed by atoms with Crippen molar-refractivity contribution in [3.63, 3.8) is 0 Å². The number of rotatable bonds is 4. The van der Waals surface area contributed by atoms with Crippen molar-refractivity contribution in [1.29, 1.82) is 0 Å². The molecule has 7 heteroatoms. The molecule has 0 unspecified atom stereocenters. The van der Waals surface area contributed by atoms with E-state index in [2.05, 4.69) is 38.5 Å². The number of hydrogen-bond donors (Lipinski definition) is 3. The van der Waals surface area contributed by atoms with E-state index in [0.717, 1.165) is 9.13 Å². The van der Waals surface area contributed by atoms with E-state index in [9.17, 15) is 9.59 Å². The SMILES string of the molecule is Cc1cc(NC(=S)NC(=O)c2ccc(I)cc2)ccc1NC(=O)c1ccccc1. The van der Waals surface area contributed by atoms with Crippen LogP contribution >= 0.6 is 34.8 Å². The monoisotopic (exact) mass is 515 g/mol. The summed E-state index contributed by atoms with van der Waals surface area (Å²) in [5, 5.41) is 8.75. The van der Waals surface area contributed by atoms with Crippen LogP contribution in [0.1, 0.15) is 26.3 Å². The van der Waals surface area contributed by atoms with Gasteiger partial charge in [0.15, 0.2) is 5.11 Å². The number of aryl methyl sites for hydroxylation is 1. The Morgan fingerprint density at radius 3 is 2.14 bits per heavy atom. The number of thiocarbonyl (C=S) groups is 1. The molecule has 0 heterocycles. The molecule has 0 saturated heterocycles. The number of halogens is 1. The van der Waals surface area contributed by atoms with Gasteiger partial charge in [0.05, 0.1) is 0 Å². The van der Waals surface area contributed by atoms with Crippen LogP contribution in [0.4, 0.5) is 11.4 Å². The maximum atomic E-state index is 12.3. The van der Waals surface area contributed by atoms with E-state index in [-0.39, 0.29) is 16.9 Å². The fraction of sp³-hybridized carbons (Fsp3) is 0.0455. The molecular formula is C22H18IN3O2S. The lowest BCUT2D eigenvalue weighted by Crippen LogP contribution is -2.34. The first kappa shape index (κ1) is 20.9. The van der Waals surface area contributed by atoms with Gasteiger partial charge in [-0.1, -0.05) is 18.2 Å². The molecule has 0 aliphatic carbocycles. The van der Waals surface area contributed by atoms with Crippen molar-refractivity contribution in [1.82, 2.24) is 5.32 Å². The quantitative estimate of drug-likeness (QED) is 0.339. The first-order valence-corrected chi connectivity index (χ1v) is 10.3. The van der Waals surface area contributed by atoms with Crippen molar-refractivity contribution in [2.24, 2.45) is 0 Å². The smallest absolute Gasteiger partial charge is 0.257 e. The minimum absolute atomic E-state index is 0.172. The van der Waals surface area contributed by atoms with Crippen molar-refractivity contribution < 1.29 is 9.59 Å². The molecule has 3 aromatic carbocycles. The lowest BCUT2D eigenvalue weighted by molar-refractivity contribution is 0.0976. The molecule has 0 aromatic heterocycles. The third-order valence-electron chi connectivity index (χ3n) is 4.10. The number of amides is 2. The summed E-state index contributed by atoms with van der Waals surface area (Å²) < 4.78 is 1.05. The van der Waals surface area contributed by atoms with Gasteiger partial charge in [-0.25, -0.2) is 0 Å². The third kappa shape index (κ3) is 5.85. The fourth-order valence-electron chi connectivity index (χ4n) is 2.60. The Hall–Kier alpha value is -2.78. The van der Waals surface area contributed by atoms with Crippen LogP contribution in [0.2, 0.25) is 0 Å². The molecule has 0 spiro atoms. The van der Waals surface area contributed by atoms with Crippen molar-refractivity contribution in [3.05, 3.63) is 93.1 Å². The zero-order valence-corrected chi connectivity index (χ0v) is 18.5. The van der Waals surface area contributed by atoms with Crippen LogP contribution in [0.15, 0.2) is 72.8 Å². The summed E-state index contributed by atoms with van der Waals surface area (Å²) in [6.45, 7) is 1.89. The van der Waals surface area contributed by atoms with E-state index >= 15 is 0 Å². The summed E-state index contributed by atoms with van der Waals surface area (Å²) in [5.74, 6) is -0.447. The van der Waals surface area contributed by atoms with Crippen molar-refractivity contribution in [2.75, 3.05) is 10.6 Å².